The van der Waals surface area contributed by atoms with E-state index in [0.29, 0.717) is 24.5 Å². The molecule has 19 heavy (non-hydrogen) atoms. The van der Waals surface area contributed by atoms with Crippen LogP contribution in [0, 0.1) is 0 Å². The van der Waals surface area contributed by atoms with Crippen molar-refractivity contribution in [2.75, 3.05) is 11.9 Å². The van der Waals surface area contributed by atoms with Gasteiger partial charge in [-0.1, -0.05) is 18.2 Å². The molecule has 2 aromatic rings. The van der Waals surface area contributed by atoms with Crippen LogP contribution in [0.4, 0.5) is 19.1 Å². The molecular formula is C13H12F3N3. The Bertz CT molecular complexity index is 589. The summed E-state index contributed by atoms with van der Waals surface area (Å²) in [6.45, 7) is 0.619. The standard InChI is InChI=1S/C13H12F3N3/c14-13(15,16)10-4-2-1-3-9(10)11-5-6-17-12-18-7-8-19(11)12/h1-4,7-8,11H,5-6H2,(H,17,18). The highest BCUT2D eigenvalue weighted by Crippen LogP contribution is 2.38. The zero-order valence-electron chi connectivity index (χ0n) is 9.98. The minimum atomic E-state index is -4.33. The van der Waals surface area contributed by atoms with Crippen LogP contribution in [0.15, 0.2) is 36.7 Å². The van der Waals surface area contributed by atoms with Crippen molar-refractivity contribution in [2.24, 2.45) is 0 Å². The molecule has 2 heterocycles. The van der Waals surface area contributed by atoms with Crippen molar-refractivity contribution in [1.29, 1.82) is 0 Å². The number of halogens is 3. The Labute approximate surface area is 108 Å². The van der Waals surface area contributed by atoms with Gasteiger partial charge in [0.15, 0.2) is 0 Å². The molecule has 0 saturated heterocycles. The second-order valence-corrected chi connectivity index (χ2v) is 4.47. The summed E-state index contributed by atoms with van der Waals surface area (Å²) in [4.78, 5) is 4.09. The lowest BCUT2D eigenvalue weighted by molar-refractivity contribution is -0.138. The van der Waals surface area contributed by atoms with Gasteiger partial charge in [-0.2, -0.15) is 13.2 Å². The van der Waals surface area contributed by atoms with Crippen LogP contribution in [0.5, 0.6) is 0 Å². The highest BCUT2D eigenvalue weighted by molar-refractivity contribution is 5.38. The number of fused-ring (bicyclic) bond motifs is 1. The molecule has 6 heteroatoms. The highest BCUT2D eigenvalue weighted by atomic mass is 19.4. The molecule has 100 valence electrons. The maximum Gasteiger partial charge on any atom is 0.416 e. The number of imidazole rings is 1. The molecule has 1 atom stereocenters. The van der Waals surface area contributed by atoms with Gasteiger partial charge in [0.1, 0.15) is 0 Å². The molecule has 0 radical (unpaired) electrons. The van der Waals surface area contributed by atoms with Crippen LogP contribution in [0.3, 0.4) is 0 Å². The maximum atomic E-state index is 13.1. The Balaban J connectivity index is 2.10. The van der Waals surface area contributed by atoms with Gasteiger partial charge in [-0.15, -0.1) is 0 Å². The maximum absolute atomic E-state index is 13.1. The van der Waals surface area contributed by atoms with Crippen LogP contribution in [-0.2, 0) is 6.18 Å². The molecule has 3 rings (SSSR count). The predicted octanol–water partition coefficient (Wildman–Crippen LogP) is 3.31. The average molecular weight is 267 g/mol. The molecule has 0 saturated carbocycles. The molecule has 0 fully saturated rings. The van der Waals surface area contributed by atoms with Gasteiger partial charge in [-0.25, -0.2) is 4.98 Å². The average Bonchev–Trinajstić information content (AvgIpc) is 2.85. The summed E-state index contributed by atoms with van der Waals surface area (Å²) < 4.78 is 41.0. The Morgan fingerprint density at radius 2 is 2.05 bits per heavy atom. The first-order chi connectivity index (χ1) is 9.07. The SMILES string of the molecule is FC(F)(F)c1ccccc1C1CCNc2nccn21. The first-order valence-corrected chi connectivity index (χ1v) is 6.00. The zero-order valence-corrected chi connectivity index (χ0v) is 9.98. The van der Waals surface area contributed by atoms with Gasteiger partial charge >= 0.3 is 6.18 Å². The van der Waals surface area contributed by atoms with E-state index in [1.165, 1.54) is 6.07 Å². The second kappa shape index (κ2) is 4.29. The van der Waals surface area contributed by atoms with E-state index in [2.05, 4.69) is 10.3 Å². The molecule has 1 unspecified atom stereocenters. The number of anilines is 1. The van der Waals surface area contributed by atoms with E-state index < -0.39 is 11.7 Å². The van der Waals surface area contributed by atoms with E-state index in [1.54, 1.807) is 29.1 Å². The van der Waals surface area contributed by atoms with E-state index in [1.807, 2.05) is 0 Å². The largest absolute Gasteiger partial charge is 0.416 e. The minimum absolute atomic E-state index is 0.302. The van der Waals surface area contributed by atoms with Crippen molar-refractivity contribution in [1.82, 2.24) is 9.55 Å². The Morgan fingerprint density at radius 1 is 1.26 bits per heavy atom. The molecule has 0 spiro atoms. The van der Waals surface area contributed by atoms with Crippen LogP contribution in [0.25, 0.3) is 0 Å². The summed E-state index contributed by atoms with van der Waals surface area (Å²) >= 11 is 0. The number of nitrogens with one attached hydrogen (secondary N) is 1. The fourth-order valence-electron chi connectivity index (χ4n) is 2.51. The number of aromatic nitrogens is 2. The Morgan fingerprint density at radius 3 is 2.84 bits per heavy atom. The normalized spacial score (nSPS) is 18.8. The van der Waals surface area contributed by atoms with Gasteiger partial charge < -0.3 is 9.88 Å². The minimum Gasteiger partial charge on any atom is -0.356 e. The summed E-state index contributed by atoms with van der Waals surface area (Å²) in [5.41, 5.74) is -0.266. The molecular weight excluding hydrogens is 255 g/mol. The van der Waals surface area contributed by atoms with Gasteiger partial charge in [0.25, 0.3) is 0 Å². The number of benzene rings is 1. The molecule has 1 aromatic carbocycles. The first-order valence-electron chi connectivity index (χ1n) is 6.00. The van der Waals surface area contributed by atoms with Crippen LogP contribution in [-0.4, -0.2) is 16.1 Å². The molecule has 0 amide bonds. The van der Waals surface area contributed by atoms with E-state index in [4.69, 9.17) is 0 Å². The van der Waals surface area contributed by atoms with Gasteiger partial charge in [0.2, 0.25) is 5.95 Å². The van der Waals surface area contributed by atoms with Crippen LogP contribution < -0.4 is 5.32 Å². The van der Waals surface area contributed by atoms with Crippen molar-refractivity contribution in [2.45, 2.75) is 18.6 Å². The smallest absolute Gasteiger partial charge is 0.356 e. The topological polar surface area (TPSA) is 29.9 Å². The summed E-state index contributed by atoms with van der Waals surface area (Å²) in [5, 5.41) is 3.07. The van der Waals surface area contributed by atoms with Crippen molar-refractivity contribution in [3.63, 3.8) is 0 Å². The van der Waals surface area contributed by atoms with Crippen LogP contribution in [0.2, 0.25) is 0 Å². The van der Waals surface area contributed by atoms with E-state index >= 15 is 0 Å². The predicted molar refractivity (Wildman–Crippen MR) is 64.9 cm³/mol. The lowest BCUT2D eigenvalue weighted by Crippen LogP contribution is -2.25. The van der Waals surface area contributed by atoms with Gasteiger partial charge in [0.05, 0.1) is 11.6 Å². The van der Waals surface area contributed by atoms with E-state index in [0.717, 1.165) is 6.07 Å². The fourth-order valence-corrected chi connectivity index (χ4v) is 2.51. The Hall–Kier alpha value is -1.98. The van der Waals surface area contributed by atoms with Gasteiger partial charge in [0, 0.05) is 18.9 Å². The van der Waals surface area contributed by atoms with Gasteiger partial charge in [-0.05, 0) is 18.1 Å². The summed E-state index contributed by atoms with van der Waals surface area (Å²) in [5.74, 6) is 0.619. The molecule has 0 aliphatic carbocycles. The first kappa shape index (κ1) is 12.1. The lowest BCUT2D eigenvalue weighted by atomic mass is 9.96. The molecule has 0 bridgehead atoms. The molecule has 1 N–H and O–H groups in total. The van der Waals surface area contributed by atoms with E-state index in [-0.39, 0.29) is 6.04 Å². The third-order valence-electron chi connectivity index (χ3n) is 3.33. The second-order valence-electron chi connectivity index (χ2n) is 4.47. The third-order valence-corrected chi connectivity index (χ3v) is 3.33. The van der Waals surface area contributed by atoms with E-state index in [9.17, 15) is 13.2 Å². The number of rotatable bonds is 1. The van der Waals surface area contributed by atoms with Gasteiger partial charge in [-0.3, -0.25) is 0 Å². The zero-order chi connectivity index (χ0) is 13.5. The number of alkyl halides is 3. The number of hydrogen-bond acceptors (Lipinski definition) is 2. The number of nitrogens with zero attached hydrogens (tertiary/aromatic N) is 2. The quantitative estimate of drug-likeness (QED) is 0.859. The summed E-state index contributed by atoms with van der Waals surface area (Å²) in [6, 6.07) is 5.42. The Kier molecular flexibility index (Phi) is 2.73. The van der Waals surface area contributed by atoms with Crippen LogP contribution in [0.1, 0.15) is 23.6 Å². The summed E-state index contributed by atoms with van der Waals surface area (Å²) in [6.07, 6.45) is -0.422. The van der Waals surface area contributed by atoms with Crippen LogP contribution >= 0.6 is 0 Å². The summed E-state index contributed by atoms with van der Waals surface area (Å²) in [7, 11) is 0. The monoisotopic (exact) mass is 267 g/mol. The number of hydrogen-bond donors (Lipinski definition) is 1. The molecule has 1 aliphatic heterocycles. The molecule has 1 aliphatic rings. The molecule has 1 aromatic heterocycles. The highest BCUT2D eigenvalue weighted by Gasteiger charge is 2.36. The van der Waals surface area contributed by atoms with Crippen molar-refractivity contribution in [3.8, 4) is 0 Å². The van der Waals surface area contributed by atoms with Crippen molar-refractivity contribution >= 4 is 5.95 Å². The fraction of sp³-hybridized carbons (Fsp3) is 0.308. The lowest BCUT2D eigenvalue weighted by Gasteiger charge is -2.28. The third kappa shape index (κ3) is 2.07. The van der Waals surface area contributed by atoms with Crippen molar-refractivity contribution in [3.05, 3.63) is 47.8 Å². The molecule has 3 nitrogen and oxygen atoms in total. The van der Waals surface area contributed by atoms with Crippen molar-refractivity contribution < 1.29 is 13.2 Å².